The SMILES string of the molecule is COc1ccc(NC(=O)c2ccc(OC)c(C)c2)cc1. The number of rotatable bonds is 4. The highest BCUT2D eigenvalue weighted by molar-refractivity contribution is 6.04. The smallest absolute Gasteiger partial charge is 0.255 e. The van der Waals surface area contributed by atoms with E-state index in [1.807, 2.05) is 6.92 Å². The normalized spacial score (nSPS) is 9.95. The molecule has 0 unspecified atom stereocenters. The Morgan fingerprint density at radius 2 is 1.70 bits per heavy atom. The van der Waals surface area contributed by atoms with Crippen molar-refractivity contribution in [1.82, 2.24) is 0 Å². The lowest BCUT2D eigenvalue weighted by atomic mass is 10.1. The summed E-state index contributed by atoms with van der Waals surface area (Å²) in [5, 5.41) is 2.84. The Morgan fingerprint density at radius 1 is 1.00 bits per heavy atom. The van der Waals surface area contributed by atoms with Crippen molar-refractivity contribution in [1.29, 1.82) is 0 Å². The molecule has 0 aliphatic rings. The van der Waals surface area contributed by atoms with E-state index in [0.717, 1.165) is 22.7 Å². The van der Waals surface area contributed by atoms with Gasteiger partial charge in [0.25, 0.3) is 5.91 Å². The van der Waals surface area contributed by atoms with Crippen molar-refractivity contribution in [2.75, 3.05) is 19.5 Å². The molecule has 0 saturated carbocycles. The van der Waals surface area contributed by atoms with Crippen LogP contribution in [0.5, 0.6) is 11.5 Å². The highest BCUT2D eigenvalue weighted by Crippen LogP contribution is 2.20. The van der Waals surface area contributed by atoms with Gasteiger partial charge >= 0.3 is 0 Å². The Morgan fingerprint density at radius 3 is 2.25 bits per heavy atom. The van der Waals surface area contributed by atoms with Crippen LogP contribution in [0.1, 0.15) is 15.9 Å². The molecular formula is C16H17NO3. The van der Waals surface area contributed by atoms with E-state index in [1.54, 1.807) is 56.7 Å². The maximum absolute atomic E-state index is 12.1. The van der Waals surface area contributed by atoms with Crippen molar-refractivity contribution >= 4 is 11.6 Å². The van der Waals surface area contributed by atoms with Gasteiger partial charge in [0.05, 0.1) is 14.2 Å². The van der Waals surface area contributed by atoms with Crippen molar-refractivity contribution < 1.29 is 14.3 Å². The number of hydrogen-bond donors (Lipinski definition) is 1. The molecule has 0 radical (unpaired) electrons. The van der Waals surface area contributed by atoms with Gasteiger partial charge in [-0.3, -0.25) is 4.79 Å². The van der Waals surface area contributed by atoms with Gasteiger partial charge in [-0.1, -0.05) is 0 Å². The molecule has 104 valence electrons. The second-order valence-corrected chi connectivity index (χ2v) is 4.37. The minimum atomic E-state index is -0.152. The average molecular weight is 271 g/mol. The van der Waals surface area contributed by atoms with Gasteiger partial charge in [-0.2, -0.15) is 0 Å². The van der Waals surface area contributed by atoms with Gasteiger partial charge in [0, 0.05) is 11.3 Å². The maximum atomic E-state index is 12.1. The van der Waals surface area contributed by atoms with E-state index >= 15 is 0 Å². The van der Waals surface area contributed by atoms with Crippen LogP contribution >= 0.6 is 0 Å². The molecule has 1 N–H and O–H groups in total. The summed E-state index contributed by atoms with van der Waals surface area (Å²) in [6.07, 6.45) is 0. The molecule has 1 amide bonds. The molecule has 0 bridgehead atoms. The van der Waals surface area contributed by atoms with Gasteiger partial charge in [-0.05, 0) is 55.0 Å². The zero-order valence-corrected chi connectivity index (χ0v) is 11.8. The molecule has 0 aliphatic carbocycles. The minimum Gasteiger partial charge on any atom is -0.497 e. The fraction of sp³-hybridized carbons (Fsp3) is 0.188. The standard InChI is InChI=1S/C16H17NO3/c1-11-10-12(4-9-15(11)20-3)16(18)17-13-5-7-14(19-2)8-6-13/h4-10H,1-3H3,(H,17,18). The molecule has 2 aromatic carbocycles. The van der Waals surface area contributed by atoms with E-state index in [-0.39, 0.29) is 5.91 Å². The average Bonchev–Trinajstić information content (AvgIpc) is 2.48. The third kappa shape index (κ3) is 3.09. The molecule has 0 fully saturated rings. The summed E-state index contributed by atoms with van der Waals surface area (Å²) in [5.74, 6) is 1.37. The molecule has 0 aliphatic heterocycles. The van der Waals surface area contributed by atoms with E-state index in [9.17, 15) is 4.79 Å². The van der Waals surface area contributed by atoms with Crippen LogP contribution in [0.3, 0.4) is 0 Å². The van der Waals surface area contributed by atoms with Gasteiger partial charge in [0.1, 0.15) is 11.5 Å². The summed E-state index contributed by atoms with van der Waals surface area (Å²) in [5.41, 5.74) is 2.25. The van der Waals surface area contributed by atoms with Crippen molar-refractivity contribution in [2.24, 2.45) is 0 Å². The van der Waals surface area contributed by atoms with Crippen LogP contribution in [-0.2, 0) is 0 Å². The zero-order valence-electron chi connectivity index (χ0n) is 11.8. The van der Waals surface area contributed by atoms with Crippen molar-refractivity contribution in [3.05, 3.63) is 53.6 Å². The summed E-state index contributed by atoms with van der Waals surface area (Å²) in [6.45, 7) is 1.91. The van der Waals surface area contributed by atoms with Crippen LogP contribution in [0.4, 0.5) is 5.69 Å². The number of anilines is 1. The van der Waals surface area contributed by atoms with Crippen LogP contribution in [0.15, 0.2) is 42.5 Å². The summed E-state index contributed by atoms with van der Waals surface area (Å²) >= 11 is 0. The summed E-state index contributed by atoms with van der Waals surface area (Å²) < 4.78 is 10.3. The van der Waals surface area contributed by atoms with Crippen molar-refractivity contribution in [2.45, 2.75) is 6.92 Å². The largest absolute Gasteiger partial charge is 0.497 e. The van der Waals surface area contributed by atoms with Gasteiger partial charge in [-0.15, -0.1) is 0 Å². The number of carbonyl (C=O) groups excluding carboxylic acids is 1. The highest BCUT2D eigenvalue weighted by Gasteiger charge is 2.08. The number of amides is 1. The molecule has 0 atom stereocenters. The summed E-state index contributed by atoms with van der Waals surface area (Å²) in [7, 11) is 3.22. The third-order valence-electron chi connectivity index (χ3n) is 3.00. The Labute approximate surface area is 118 Å². The molecule has 0 saturated heterocycles. The second-order valence-electron chi connectivity index (χ2n) is 4.37. The molecule has 0 spiro atoms. The number of methoxy groups -OCH3 is 2. The van der Waals surface area contributed by atoms with Gasteiger partial charge < -0.3 is 14.8 Å². The van der Waals surface area contributed by atoms with Gasteiger partial charge in [0.15, 0.2) is 0 Å². The van der Waals surface area contributed by atoms with Crippen LogP contribution in [0.25, 0.3) is 0 Å². The number of carbonyl (C=O) groups is 1. The predicted octanol–water partition coefficient (Wildman–Crippen LogP) is 3.26. The molecule has 2 rings (SSSR count). The van der Waals surface area contributed by atoms with Gasteiger partial charge in [-0.25, -0.2) is 0 Å². The number of hydrogen-bond acceptors (Lipinski definition) is 3. The minimum absolute atomic E-state index is 0.152. The van der Waals surface area contributed by atoms with E-state index in [4.69, 9.17) is 9.47 Å². The monoisotopic (exact) mass is 271 g/mol. The quantitative estimate of drug-likeness (QED) is 0.928. The zero-order chi connectivity index (χ0) is 14.5. The van der Waals surface area contributed by atoms with Gasteiger partial charge in [0.2, 0.25) is 0 Å². The van der Waals surface area contributed by atoms with E-state index in [0.29, 0.717) is 5.56 Å². The Balaban J connectivity index is 2.12. The first-order chi connectivity index (χ1) is 9.63. The van der Waals surface area contributed by atoms with E-state index in [1.165, 1.54) is 0 Å². The molecular weight excluding hydrogens is 254 g/mol. The molecule has 20 heavy (non-hydrogen) atoms. The number of ether oxygens (including phenoxy) is 2. The third-order valence-corrected chi connectivity index (χ3v) is 3.00. The first-order valence-electron chi connectivity index (χ1n) is 6.24. The number of aryl methyl sites for hydroxylation is 1. The molecule has 0 heterocycles. The lowest BCUT2D eigenvalue weighted by Crippen LogP contribution is -2.12. The summed E-state index contributed by atoms with van der Waals surface area (Å²) in [6, 6.07) is 12.5. The van der Waals surface area contributed by atoms with Crippen molar-refractivity contribution in [3.63, 3.8) is 0 Å². The van der Waals surface area contributed by atoms with E-state index in [2.05, 4.69) is 5.32 Å². The highest BCUT2D eigenvalue weighted by atomic mass is 16.5. The Hall–Kier alpha value is -2.49. The van der Waals surface area contributed by atoms with Crippen LogP contribution < -0.4 is 14.8 Å². The van der Waals surface area contributed by atoms with E-state index < -0.39 is 0 Å². The topological polar surface area (TPSA) is 47.6 Å². The van der Waals surface area contributed by atoms with Crippen LogP contribution in [0, 0.1) is 6.92 Å². The predicted molar refractivity (Wildman–Crippen MR) is 78.7 cm³/mol. The molecule has 4 nitrogen and oxygen atoms in total. The first-order valence-corrected chi connectivity index (χ1v) is 6.24. The Kier molecular flexibility index (Phi) is 4.25. The molecule has 0 aromatic heterocycles. The number of nitrogens with one attached hydrogen (secondary N) is 1. The van der Waals surface area contributed by atoms with Crippen LogP contribution in [-0.4, -0.2) is 20.1 Å². The second kappa shape index (κ2) is 6.10. The maximum Gasteiger partial charge on any atom is 0.255 e. The first kappa shape index (κ1) is 13.9. The number of benzene rings is 2. The lowest BCUT2D eigenvalue weighted by Gasteiger charge is -2.09. The fourth-order valence-electron chi connectivity index (χ4n) is 1.90. The Bertz CT molecular complexity index is 606. The summed E-state index contributed by atoms with van der Waals surface area (Å²) in [4.78, 5) is 12.1. The molecule has 2 aromatic rings. The lowest BCUT2D eigenvalue weighted by molar-refractivity contribution is 0.102. The van der Waals surface area contributed by atoms with Crippen molar-refractivity contribution in [3.8, 4) is 11.5 Å². The van der Waals surface area contributed by atoms with Crippen LogP contribution in [0.2, 0.25) is 0 Å². The fourth-order valence-corrected chi connectivity index (χ4v) is 1.90. The molecule has 4 heteroatoms.